The minimum atomic E-state index is -0.0144. The van der Waals surface area contributed by atoms with E-state index in [1.54, 1.807) is 7.11 Å². The monoisotopic (exact) mass is 304 g/mol. The zero-order chi connectivity index (χ0) is 16.2. The van der Waals surface area contributed by atoms with Crippen LogP contribution in [0.4, 0.5) is 0 Å². The average Bonchev–Trinajstić information content (AvgIpc) is 2.81. The van der Waals surface area contributed by atoms with Gasteiger partial charge in [0.25, 0.3) is 0 Å². The largest absolute Gasteiger partial charge is 0.497 e. The molecule has 1 saturated carbocycles. The summed E-state index contributed by atoms with van der Waals surface area (Å²) in [6.07, 6.45) is 4.25. The fraction of sp³-hybridized carbons (Fsp3) is 0.632. The van der Waals surface area contributed by atoms with E-state index in [1.807, 2.05) is 19.1 Å². The van der Waals surface area contributed by atoms with Crippen LogP contribution in [0.5, 0.6) is 5.75 Å². The normalized spacial score (nSPS) is 23.3. The number of hydrogen-bond donors (Lipinski definition) is 0. The summed E-state index contributed by atoms with van der Waals surface area (Å²) < 4.78 is 10.4. The molecule has 22 heavy (non-hydrogen) atoms. The molecule has 0 spiro atoms. The van der Waals surface area contributed by atoms with Crippen LogP contribution in [0.25, 0.3) is 0 Å². The van der Waals surface area contributed by atoms with E-state index in [4.69, 9.17) is 9.47 Å². The summed E-state index contributed by atoms with van der Waals surface area (Å²) in [6.45, 7) is 6.74. The van der Waals surface area contributed by atoms with Crippen molar-refractivity contribution in [2.45, 2.75) is 46.5 Å². The zero-order valence-corrected chi connectivity index (χ0v) is 14.2. The topological polar surface area (TPSA) is 35.5 Å². The molecule has 3 nitrogen and oxygen atoms in total. The molecule has 122 valence electrons. The van der Waals surface area contributed by atoms with Gasteiger partial charge in [0, 0.05) is 0 Å². The quantitative estimate of drug-likeness (QED) is 0.737. The van der Waals surface area contributed by atoms with Crippen LogP contribution >= 0.6 is 0 Å². The molecule has 0 unspecified atom stereocenters. The highest BCUT2D eigenvalue weighted by Gasteiger charge is 2.44. The number of ether oxygens (including phenoxy) is 2. The summed E-state index contributed by atoms with van der Waals surface area (Å²) in [4.78, 5) is 12.1. The smallest absolute Gasteiger partial charge is 0.309 e. The van der Waals surface area contributed by atoms with Crippen LogP contribution < -0.4 is 4.74 Å². The predicted octanol–water partition coefficient (Wildman–Crippen LogP) is 4.24. The Kier molecular flexibility index (Phi) is 5.49. The lowest BCUT2D eigenvalue weighted by molar-refractivity contribution is -0.151. The molecule has 1 aromatic carbocycles. The highest BCUT2D eigenvalue weighted by Crippen LogP contribution is 2.48. The Morgan fingerprint density at radius 3 is 2.55 bits per heavy atom. The molecule has 0 aliphatic heterocycles. The van der Waals surface area contributed by atoms with Gasteiger partial charge in [-0.3, -0.25) is 4.79 Å². The fourth-order valence-electron chi connectivity index (χ4n) is 3.66. The molecule has 0 aromatic heterocycles. The van der Waals surface area contributed by atoms with Crippen LogP contribution in [0.3, 0.4) is 0 Å². The van der Waals surface area contributed by atoms with Gasteiger partial charge in [-0.25, -0.2) is 0 Å². The molecule has 0 saturated heterocycles. The van der Waals surface area contributed by atoms with Crippen LogP contribution in [-0.2, 0) is 16.0 Å². The SMILES string of the molecule is CCOC(=O)[C@@H]1C[C@@H](CCc2ccc(OC)cc2)CC1(C)C. The van der Waals surface area contributed by atoms with Crippen LogP contribution in [0, 0.1) is 17.3 Å². The van der Waals surface area contributed by atoms with E-state index in [-0.39, 0.29) is 17.3 Å². The Bertz CT molecular complexity index is 490. The van der Waals surface area contributed by atoms with Crippen molar-refractivity contribution in [3.63, 3.8) is 0 Å². The number of methoxy groups -OCH3 is 1. The number of carbonyl (C=O) groups excluding carboxylic acids is 1. The molecule has 0 heterocycles. The van der Waals surface area contributed by atoms with E-state index in [9.17, 15) is 4.79 Å². The Balaban J connectivity index is 1.90. The van der Waals surface area contributed by atoms with Crippen molar-refractivity contribution in [3.8, 4) is 5.75 Å². The van der Waals surface area contributed by atoms with Crippen molar-refractivity contribution in [1.29, 1.82) is 0 Å². The first-order valence-electron chi connectivity index (χ1n) is 8.26. The van der Waals surface area contributed by atoms with Crippen molar-refractivity contribution in [2.24, 2.45) is 17.3 Å². The van der Waals surface area contributed by atoms with E-state index >= 15 is 0 Å². The summed E-state index contributed by atoms with van der Waals surface area (Å²) in [5.74, 6) is 1.53. The van der Waals surface area contributed by atoms with Gasteiger partial charge in [0.15, 0.2) is 0 Å². The number of rotatable bonds is 6. The molecule has 1 aliphatic rings. The van der Waals surface area contributed by atoms with Gasteiger partial charge >= 0.3 is 5.97 Å². The molecular weight excluding hydrogens is 276 g/mol. The molecule has 0 amide bonds. The van der Waals surface area contributed by atoms with E-state index in [0.29, 0.717) is 12.5 Å². The summed E-state index contributed by atoms with van der Waals surface area (Å²) in [6, 6.07) is 8.27. The number of esters is 1. The highest BCUT2D eigenvalue weighted by atomic mass is 16.5. The third-order valence-corrected chi connectivity index (χ3v) is 4.90. The van der Waals surface area contributed by atoms with Gasteiger partial charge in [-0.2, -0.15) is 0 Å². The summed E-state index contributed by atoms with van der Waals surface area (Å²) in [7, 11) is 1.69. The van der Waals surface area contributed by atoms with Gasteiger partial charge in [-0.05, 0) is 61.6 Å². The van der Waals surface area contributed by atoms with E-state index in [2.05, 4.69) is 26.0 Å². The fourth-order valence-corrected chi connectivity index (χ4v) is 3.66. The standard InChI is InChI=1S/C19H28O3/c1-5-22-18(20)17-12-15(13-19(17,2)3)7-6-14-8-10-16(21-4)11-9-14/h8-11,15,17H,5-7,12-13H2,1-4H3/t15-,17+/m1/s1. The number of carbonyl (C=O) groups is 1. The van der Waals surface area contributed by atoms with Crippen LogP contribution in [0.1, 0.15) is 45.6 Å². The first-order valence-corrected chi connectivity index (χ1v) is 8.26. The van der Waals surface area contributed by atoms with Gasteiger partial charge in [0.1, 0.15) is 5.75 Å². The Morgan fingerprint density at radius 2 is 1.95 bits per heavy atom. The molecule has 0 radical (unpaired) electrons. The Labute approximate surface area is 134 Å². The van der Waals surface area contributed by atoms with Crippen LogP contribution in [0.2, 0.25) is 0 Å². The number of aryl methyl sites for hydroxylation is 1. The van der Waals surface area contributed by atoms with Crippen LogP contribution in [0.15, 0.2) is 24.3 Å². The lowest BCUT2D eigenvalue weighted by Gasteiger charge is -2.24. The molecule has 1 aromatic rings. The zero-order valence-electron chi connectivity index (χ0n) is 14.2. The molecule has 3 heteroatoms. The van der Waals surface area contributed by atoms with Gasteiger partial charge in [0.2, 0.25) is 0 Å². The van der Waals surface area contributed by atoms with Crippen molar-refractivity contribution in [3.05, 3.63) is 29.8 Å². The van der Waals surface area contributed by atoms with Crippen LogP contribution in [-0.4, -0.2) is 19.7 Å². The van der Waals surface area contributed by atoms with E-state index in [1.165, 1.54) is 5.56 Å². The Hall–Kier alpha value is -1.51. The first kappa shape index (κ1) is 16.9. The molecule has 2 rings (SSSR count). The van der Waals surface area contributed by atoms with E-state index < -0.39 is 0 Å². The molecule has 0 N–H and O–H groups in total. The van der Waals surface area contributed by atoms with Crippen molar-refractivity contribution >= 4 is 5.97 Å². The van der Waals surface area contributed by atoms with Crippen molar-refractivity contribution in [2.75, 3.05) is 13.7 Å². The Morgan fingerprint density at radius 1 is 1.27 bits per heavy atom. The molecule has 2 atom stereocenters. The summed E-state index contributed by atoms with van der Waals surface area (Å²) >= 11 is 0. The summed E-state index contributed by atoms with van der Waals surface area (Å²) in [5, 5.41) is 0. The second-order valence-electron chi connectivity index (χ2n) is 6.99. The third-order valence-electron chi connectivity index (χ3n) is 4.90. The maximum Gasteiger partial charge on any atom is 0.309 e. The molecular formula is C19H28O3. The van der Waals surface area contributed by atoms with Gasteiger partial charge in [-0.1, -0.05) is 26.0 Å². The van der Waals surface area contributed by atoms with Crippen molar-refractivity contribution < 1.29 is 14.3 Å². The van der Waals surface area contributed by atoms with Crippen molar-refractivity contribution in [1.82, 2.24) is 0 Å². The highest BCUT2D eigenvalue weighted by molar-refractivity contribution is 5.73. The minimum absolute atomic E-state index is 0.0144. The third kappa shape index (κ3) is 4.02. The predicted molar refractivity (Wildman–Crippen MR) is 87.9 cm³/mol. The number of benzene rings is 1. The second-order valence-corrected chi connectivity index (χ2v) is 6.99. The summed E-state index contributed by atoms with van der Waals surface area (Å²) in [5.41, 5.74) is 1.38. The van der Waals surface area contributed by atoms with Gasteiger partial charge in [0.05, 0.1) is 19.6 Å². The lowest BCUT2D eigenvalue weighted by Crippen LogP contribution is -2.27. The maximum absolute atomic E-state index is 12.1. The molecule has 1 fully saturated rings. The van der Waals surface area contributed by atoms with E-state index in [0.717, 1.165) is 31.4 Å². The second kappa shape index (κ2) is 7.17. The maximum atomic E-state index is 12.1. The lowest BCUT2D eigenvalue weighted by atomic mass is 9.82. The molecule has 1 aliphatic carbocycles. The average molecular weight is 304 g/mol. The van der Waals surface area contributed by atoms with Gasteiger partial charge < -0.3 is 9.47 Å². The molecule has 0 bridgehead atoms. The van der Waals surface area contributed by atoms with Gasteiger partial charge in [-0.15, -0.1) is 0 Å². The first-order chi connectivity index (χ1) is 10.5. The number of hydrogen-bond acceptors (Lipinski definition) is 3. The minimum Gasteiger partial charge on any atom is -0.497 e.